The van der Waals surface area contributed by atoms with E-state index in [4.69, 9.17) is 4.74 Å². The fourth-order valence-electron chi connectivity index (χ4n) is 5.97. The number of aryl methyl sites for hydroxylation is 1. The lowest BCUT2D eigenvalue weighted by atomic mass is 9.84. The van der Waals surface area contributed by atoms with Crippen LogP contribution in [-0.2, 0) is 21.3 Å². The van der Waals surface area contributed by atoms with E-state index in [1.807, 2.05) is 23.7 Å². The number of nitrogens with zero attached hydrogens (tertiary/aromatic N) is 3. The van der Waals surface area contributed by atoms with E-state index in [0.29, 0.717) is 11.7 Å². The highest BCUT2D eigenvalue weighted by Gasteiger charge is 2.26. The molecule has 3 fully saturated rings. The Hall–Kier alpha value is -3.86. The first-order valence-corrected chi connectivity index (χ1v) is 14.5. The SMILES string of the molecule is COC(N)=O.Cn1c(=O)n(C2CCCC2)c2cc(Nc3cc(NC(=O)C4CCC4)cc(C4CCOCC4)c3)ncc21. The number of fused-ring (bicyclic) bond motifs is 1. The molecule has 1 aliphatic heterocycles. The zero-order valence-electron chi connectivity index (χ0n) is 23.9. The minimum atomic E-state index is -0.745. The summed E-state index contributed by atoms with van der Waals surface area (Å²) in [5.41, 5.74) is 9.14. The Balaban J connectivity index is 0.000000623. The van der Waals surface area contributed by atoms with Crippen molar-refractivity contribution in [1.82, 2.24) is 14.1 Å². The van der Waals surface area contributed by atoms with Crippen molar-refractivity contribution < 1.29 is 19.1 Å². The maximum atomic E-state index is 13.0. The molecule has 3 heterocycles. The van der Waals surface area contributed by atoms with Crippen molar-refractivity contribution in [3.05, 3.63) is 46.5 Å². The Kier molecular flexibility index (Phi) is 8.92. The molecule has 0 radical (unpaired) electrons. The molecule has 3 aromatic rings. The number of carbonyl (C=O) groups excluding carboxylic acids is 2. The molecule has 3 aliphatic rings. The van der Waals surface area contributed by atoms with Gasteiger partial charge in [-0.2, -0.15) is 0 Å². The number of nitrogens with one attached hydrogen (secondary N) is 2. The quantitative estimate of drug-likeness (QED) is 0.385. The minimum Gasteiger partial charge on any atom is -0.453 e. The third-order valence-corrected chi connectivity index (χ3v) is 8.53. The lowest BCUT2D eigenvalue weighted by Crippen LogP contribution is -2.28. The van der Waals surface area contributed by atoms with Gasteiger partial charge in [-0.05, 0) is 68.2 Å². The topological polar surface area (TPSA) is 142 Å². The normalized spacial score (nSPS) is 17.9. The van der Waals surface area contributed by atoms with Crippen LogP contribution in [0.15, 0.2) is 35.3 Å². The van der Waals surface area contributed by atoms with E-state index in [1.54, 1.807) is 10.8 Å². The van der Waals surface area contributed by atoms with E-state index < -0.39 is 6.09 Å². The fraction of sp³-hybridized carbons (Fsp3) is 0.533. The van der Waals surface area contributed by atoms with Gasteiger partial charge >= 0.3 is 11.8 Å². The highest BCUT2D eigenvalue weighted by Crippen LogP contribution is 2.35. The number of nitrogens with two attached hydrogens (primary N) is 1. The number of imidazole rings is 1. The molecular weight excluding hydrogens is 524 g/mol. The molecule has 41 heavy (non-hydrogen) atoms. The summed E-state index contributed by atoms with van der Waals surface area (Å²) in [5.74, 6) is 1.33. The fourth-order valence-corrected chi connectivity index (χ4v) is 5.97. The highest BCUT2D eigenvalue weighted by atomic mass is 16.5. The largest absolute Gasteiger partial charge is 0.453 e. The number of rotatable bonds is 6. The Morgan fingerprint density at radius 1 is 0.976 bits per heavy atom. The van der Waals surface area contributed by atoms with Crippen LogP contribution in [0.2, 0.25) is 0 Å². The number of hydrogen-bond donors (Lipinski definition) is 3. The molecule has 0 bridgehead atoms. The monoisotopic (exact) mass is 564 g/mol. The van der Waals surface area contributed by atoms with Crippen LogP contribution in [0.5, 0.6) is 0 Å². The molecule has 1 aromatic carbocycles. The van der Waals surface area contributed by atoms with Crippen molar-refractivity contribution in [2.24, 2.45) is 18.7 Å². The van der Waals surface area contributed by atoms with Gasteiger partial charge in [-0.15, -0.1) is 0 Å². The second-order valence-corrected chi connectivity index (χ2v) is 11.2. The van der Waals surface area contributed by atoms with E-state index in [2.05, 4.69) is 38.2 Å². The molecule has 2 saturated carbocycles. The van der Waals surface area contributed by atoms with E-state index in [-0.39, 0.29) is 23.6 Å². The molecule has 2 aromatic heterocycles. The first-order valence-electron chi connectivity index (χ1n) is 14.5. The van der Waals surface area contributed by atoms with Crippen LogP contribution in [0.25, 0.3) is 11.0 Å². The Labute approximate surface area is 239 Å². The summed E-state index contributed by atoms with van der Waals surface area (Å²) in [7, 11) is 3.04. The Morgan fingerprint density at radius 2 is 1.66 bits per heavy atom. The van der Waals surface area contributed by atoms with Gasteiger partial charge in [0.05, 0.1) is 24.3 Å². The van der Waals surface area contributed by atoms with Crippen molar-refractivity contribution in [1.29, 1.82) is 0 Å². The van der Waals surface area contributed by atoms with E-state index in [9.17, 15) is 14.4 Å². The van der Waals surface area contributed by atoms with Crippen molar-refractivity contribution in [2.75, 3.05) is 31.0 Å². The smallest absolute Gasteiger partial charge is 0.404 e. The van der Waals surface area contributed by atoms with Crippen molar-refractivity contribution in [3.63, 3.8) is 0 Å². The van der Waals surface area contributed by atoms with Crippen LogP contribution in [-0.4, -0.2) is 46.4 Å². The molecule has 0 spiro atoms. The van der Waals surface area contributed by atoms with Gasteiger partial charge < -0.3 is 25.8 Å². The molecule has 0 atom stereocenters. The van der Waals surface area contributed by atoms with E-state index in [1.165, 1.54) is 12.7 Å². The Morgan fingerprint density at radius 3 is 2.29 bits per heavy atom. The number of pyridine rings is 1. The number of primary amides is 1. The summed E-state index contributed by atoms with van der Waals surface area (Å²) in [6.07, 6.45) is 10.5. The number of hydrogen-bond acceptors (Lipinski definition) is 7. The number of amides is 2. The zero-order chi connectivity index (χ0) is 28.9. The van der Waals surface area contributed by atoms with Gasteiger partial charge in [0.1, 0.15) is 5.82 Å². The van der Waals surface area contributed by atoms with E-state index in [0.717, 1.165) is 93.4 Å². The predicted molar refractivity (Wildman–Crippen MR) is 158 cm³/mol. The van der Waals surface area contributed by atoms with Crippen LogP contribution in [0, 0.1) is 5.92 Å². The number of carbonyl (C=O) groups is 2. The second-order valence-electron chi connectivity index (χ2n) is 11.2. The van der Waals surface area contributed by atoms with Crippen molar-refractivity contribution >= 4 is 40.2 Å². The number of aromatic nitrogens is 3. The van der Waals surface area contributed by atoms with Crippen molar-refractivity contribution in [3.8, 4) is 0 Å². The van der Waals surface area contributed by atoms with E-state index >= 15 is 0 Å². The standard InChI is InChI=1S/C28H35N5O3.C2H5NO2/c1-32-25-17-29-26(16-24(25)33(28(32)35)23-7-2-3-8-23)30-21-13-20(18-9-11-36-12-10-18)14-22(15-21)31-27(34)19-5-4-6-19;1-5-2(3)4/h13-19,23H,2-12H2,1H3,(H,29,30)(H,31,34);1H3,(H2,3,4). The van der Waals surface area contributed by atoms with Crippen LogP contribution < -0.4 is 22.1 Å². The molecule has 11 nitrogen and oxygen atoms in total. The third-order valence-electron chi connectivity index (χ3n) is 8.53. The highest BCUT2D eigenvalue weighted by molar-refractivity contribution is 5.93. The van der Waals surface area contributed by atoms with Gasteiger partial charge in [0, 0.05) is 49.7 Å². The molecule has 6 rings (SSSR count). The summed E-state index contributed by atoms with van der Waals surface area (Å²) < 4.78 is 13.1. The zero-order valence-corrected chi connectivity index (χ0v) is 23.9. The molecule has 2 aliphatic carbocycles. The predicted octanol–water partition coefficient (Wildman–Crippen LogP) is 4.94. The first-order chi connectivity index (χ1) is 19.8. The summed E-state index contributed by atoms with van der Waals surface area (Å²) in [6.45, 7) is 1.52. The first kappa shape index (κ1) is 28.7. The maximum Gasteiger partial charge on any atom is 0.404 e. The summed E-state index contributed by atoms with van der Waals surface area (Å²) in [6, 6.07) is 8.50. The maximum absolute atomic E-state index is 13.0. The molecular formula is C30H40N6O5. The lowest BCUT2D eigenvalue weighted by molar-refractivity contribution is -0.122. The van der Waals surface area contributed by atoms with Gasteiger partial charge in [0.15, 0.2) is 0 Å². The second kappa shape index (κ2) is 12.8. The average molecular weight is 565 g/mol. The van der Waals surface area contributed by atoms with Gasteiger partial charge in [-0.1, -0.05) is 19.3 Å². The average Bonchev–Trinajstić information content (AvgIpc) is 3.54. The number of benzene rings is 1. The van der Waals surface area contributed by atoms with Crippen LogP contribution in [0.1, 0.15) is 75.3 Å². The summed E-state index contributed by atoms with van der Waals surface area (Å²) in [5, 5.41) is 6.63. The molecule has 4 N–H and O–H groups in total. The van der Waals surface area contributed by atoms with Crippen molar-refractivity contribution in [2.45, 2.75) is 69.7 Å². The van der Waals surface area contributed by atoms with Gasteiger partial charge in [-0.3, -0.25) is 13.9 Å². The Bertz CT molecular complexity index is 1450. The van der Waals surface area contributed by atoms with Gasteiger partial charge in [-0.25, -0.2) is 14.6 Å². The number of ether oxygens (including phenoxy) is 2. The summed E-state index contributed by atoms with van der Waals surface area (Å²) in [4.78, 5) is 39.7. The molecule has 11 heteroatoms. The molecule has 1 saturated heterocycles. The van der Waals surface area contributed by atoms with Gasteiger partial charge in [0.25, 0.3) is 0 Å². The van der Waals surface area contributed by atoms with Crippen LogP contribution >= 0.6 is 0 Å². The van der Waals surface area contributed by atoms with Crippen LogP contribution in [0.3, 0.4) is 0 Å². The minimum absolute atomic E-state index is 0.0263. The molecule has 0 unspecified atom stereocenters. The molecule has 2 amide bonds. The van der Waals surface area contributed by atoms with Gasteiger partial charge in [0.2, 0.25) is 5.91 Å². The summed E-state index contributed by atoms with van der Waals surface area (Å²) >= 11 is 0. The third kappa shape index (κ3) is 6.56. The lowest BCUT2D eigenvalue weighted by Gasteiger charge is -2.26. The number of methoxy groups -OCH3 is 1. The molecule has 220 valence electrons. The number of anilines is 3. The van der Waals surface area contributed by atoms with Crippen LogP contribution in [0.4, 0.5) is 22.0 Å².